The summed E-state index contributed by atoms with van der Waals surface area (Å²) in [7, 11) is 0. The number of amides is 1. The lowest BCUT2D eigenvalue weighted by molar-refractivity contribution is -0.112. The van der Waals surface area contributed by atoms with Crippen molar-refractivity contribution in [1.29, 1.82) is 5.26 Å². The number of carbonyl (C=O) groups is 1. The molecule has 0 spiro atoms. The third-order valence-corrected chi connectivity index (χ3v) is 3.16. The molecule has 22 heavy (non-hydrogen) atoms. The Morgan fingerprint density at radius 1 is 1.23 bits per heavy atom. The number of nitrogens with zero attached hydrogens (tertiary/aromatic N) is 2. The van der Waals surface area contributed by atoms with Crippen molar-refractivity contribution < 1.29 is 4.79 Å². The summed E-state index contributed by atoms with van der Waals surface area (Å²) >= 11 is 0. The Hall–Kier alpha value is -3.39. The van der Waals surface area contributed by atoms with E-state index in [2.05, 4.69) is 15.3 Å². The monoisotopic (exact) mass is 288 g/mol. The second-order valence-electron chi connectivity index (χ2n) is 4.63. The van der Waals surface area contributed by atoms with Crippen molar-refractivity contribution in [2.75, 3.05) is 5.32 Å². The topological polar surface area (TPSA) is 81.6 Å². The minimum absolute atomic E-state index is 0.0235. The second-order valence-corrected chi connectivity index (χ2v) is 4.63. The molecule has 0 aliphatic rings. The molecule has 1 aromatic carbocycles. The van der Waals surface area contributed by atoms with Crippen LogP contribution >= 0.6 is 0 Å². The van der Waals surface area contributed by atoms with Crippen LogP contribution in [0.25, 0.3) is 17.1 Å². The first-order valence-corrected chi connectivity index (χ1v) is 6.68. The number of hydrogen-bond acceptors (Lipinski definition) is 3. The molecule has 3 rings (SSSR count). The van der Waals surface area contributed by atoms with Crippen LogP contribution < -0.4 is 5.32 Å². The molecule has 0 saturated carbocycles. The minimum Gasteiger partial charge on any atom is -0.359 e. The average Bonchev–Trinajstić information content (AvgIpc) is 2.96. The maximum atomic E-state index is 12.2. The number of H-pyrrole nitrogens is 1. The summed E-state index contributed by atoms with van der Waals surface area (Å²) in [4.78, 5) is 19.5. The Labute approximate surface area is 126 Å². The number of rotatable bonds is 3. The van der Waals surface area contributed by atoms with Crippen LogP contribution in [-0.4, -0.2) is 15.9 Å². The van der Waals surface area contributed by atoms with Crippen LogP contribution in [-0.2, 0) is 4.79 Å². The van der Waals surface area contributed by atoms with Crippen molar-refractivity contribution in [3.63, 3.8) is 0 Å². The van der Waals surface area contributed by atoms with Gasteiger partial charge in [0.15, 0.2) is 0 Å². The zero-order valence-corrected chi connectivity index (χ0v) is 11.6. The van der Waals surface area contributed by atoms with E-state index in [1.807, 2.05) is 36.4 Å². The number of carbonyl (C=O) groups excluding carboxylic acids is 1. The Bertz CT molecular complexity index is 888. The van der Waals surface area contributed by atoms with Crippen molar-refractivity contribution in [1.82, 2.24) is 9.97 Å². The smallest absolute Gasteiger partial charge is 0.266 e. The lowest BCUT2D eigenvalue weighted by atomic mass is 10.1. The SMILES string of the molecule is N#C/C(=C/c1c[nH]c2cccnc12)C(=O)Nc1ccccc1. The van der Waals surface area contributed by atoms with Crippen LogP contribution in [0.15, 0.2) is 60.4 Å². The molecule has 0 atom stereocenters. The van der Waals surface area contributed by atoms with Gasteiger partial charge in [-0.3, -0.25) is 9.78 Å². The van der Waals surface area contributed by atoms with Gasteiger partial charge >= 0.3 is 0 Å². The highest BCUT2D eigenvalue weighted by Crippen LogP contribution is 2.18. The molecule has 2 heterocycles. The van der Waals surface area contributed by atoms with Crippen molar-refractivity contribution in [2.24, 2.45) is 0 Å². The van der Waals surface area contributed by atoms with E-state index in [4.69, 9.17) is 0 Å². The predicted octanol–water partition coefficient (Wildman–Crippen LogP) is 3.11. The third kappa shape index (κ3) is 2.72. The maximum absolute atomic E-state index is 12.2. The molecule has 0 saturated heterocycles. The van der Waals surface area contributed by atoms with Gasteiger partial charge in [0.1, 0.15) is 11.6 Å². The fraction of sp³-hybridized carbons (Fsp3) is 0. The van der Waals surface area contributed by atoms with Gasteiger partial charge in [-0.1, -0.05) is 18.2 Å². The fourth-order valence-corrected chi connectivity index (χ4v) is 2.11. The van der Waals surface area contributed by atoms with Crippen molar-refractivity contribution >= 4 is 28.7 Å². The van der Waals surface area contributed by atoms with Gasteiger partial charge in [0.25, 0.3) is 5.91 Å². The summed E-state index contributed by atoms with van der Waals surface area (Å²) in [5, 5.41) is 11.9. The van der Waals surface area contributed by atoms with Crippen molar-refractivity contribution in [3.8, 4) is 6.07 Å². The van der Waals surface area contributed by atoms with Gasteiger partial charge in [-0.15, -0.1) is 0 Å². The Morgan fingerprint density at radius 3 is 2.82 bits per heavy atom. The highest BCUT2D eigenvalue weighted by molar-refractivity contribution is 6.10. The van der Waals surface area contributed by atoms with Gasteiger partial charge in [0.2, 0.25) is 0 Å². The van der Waals surface area contributed by atoms with Crippen LogP contribution in [0.5, 0.6) is 0 Å². The molecule has 5 heteroatoms. The summed E-state index contributed by atoms with van der Waals surface area (Å²) in [6, 6.07) is 14.6. The van der Waals surface area contributed by atoms with Crippen LogP contribution in [0.1, 0.15) is 5.56 Å². The number of benzene rings is 1. The highest BCUT2D eigenvalue weighted by Gasteiger charge is 2.11. The lowest BCUT2D eigenvalue weighted by Gasteiger charge is -2.03. The number of anilines is 1. The van der Waals surface area contributed by atoms with E-state index in [-0.39, 0.29) is 5.57 Å². The maximum Gasteiger partial charge on any atom is 0.266 e. The Kier molecular flexibility index (Phi) is 3.67. The third-order valence-electron chi connectivity index (χ3n) is 3.16. The van der Waals surface area contributed by atoms with Crippen LogP contribution in [0, 0.1) is 11.3 Å². The van der Waals surface area contributed by atoms with E-state index in [0.717, 1.165) is 11.0 Å². The molecule has 0 unspecified atom stereocenters. The van der Waals surface area contributed by atoms with E-state index in [1.165, 1.54) is 6.08 Å². The minimum atomic E-state index is -0.445. The first kappa shape index (κ1) is 13.6. The zero-order valence-electron chi connectivity index (χ0n) is 11.6. The van der Waals surface area contributed by atoms with E-state index >= 15 is 0 Å². The second kappa shape index (κ2) is 5.94. The van der Waals surface area contributed by atoms with Gasteiger partial charge in [-0.2, -0.15) is 5.26 Å². The molecule has 0 radical (unpaired) electrons. The Morgan fingerprint density at radius 2 is 2.05 bits per heavy atom. The molecule has 0 fully saturated rings. The molecule has 3 aromatic rings. The molecule has 0 aliphatic heterocycles. The normalized spacial score (nSPS) is 11.1. The number of fused-ring (bicyclic) bond motifs is 1. The molecule has 0 aliphatic carbocycles. The molecule has 2 aromatic heterocycles. The van der Waals surface area contributed by atoms with Gasteiger partial charge in [0.05, 0.1) is 11.0 Å². The number of hydrogen-bond donors (Lipinski definition) is 2. The van der Waals surface area contributed by atoms with E-state index in [0.29, 0.717) is 11.3 Å². The van der Waals surface area contributed by atoms with Gasteiger partial charge < -0.3 is 10.3 Å². The first-order chi connectivity index (χ1) is 10.8. The predicted molar refractivity (Wildman–Crippen MR) is 84.8 cm³/mol. The first-order valence-electron chi connectivity index (χ1n) is 6.68. The Balaban J connectivity index is 1.90. The lowest BCUT2D eigenvalue weighted by Crippen LogP contribution is -2.13. The molecule has 106 valence electrons. The summed E-state index contributed by atoms with van der Waals surface area (Å²) < 4.78 is 0. The molecule has 5 nitrogen and oxygen atoms in total. The van der Waals surface area contributed by atoms with Gasteiger partial charge in [-0.05, 0) is 30.3 Å². The van der Waals surface area contributed by atoms with Crippen LogP contribution in [0.2, 0.25) is 0 Å². The van der Waals surface area contributed by atoms with Gasteiger partial charge in [0, 0.05) is 23.6 Å². The number of para-hydroxylation sites is 1. The fourth-order valence-electron chi connectivity index (χ4n) is 2.11. The summed E-state index contributed by atoms with van der Waals surface area (Å²) in [6.07, 6.45) is 4.93. The number of nitrogens with one attached hydrogen (secondary N) is 2. The van der Waals surface area contributed by atoms with E-state index in [1.54, 1.807) is 24.5 Å². The summed E-state index contributed by atoms with van der Waals surface area (Å²) in [5.74, 6) is -0.445. The van der Waals surface area contributed by atoms with E-state index in [9.17, 15) is 10.1 Å². The standard InChI is InChI=1S/C17H12N4O/c18-10-12(17(22)21-14-5-2-1-3-6-14)9-13-11-20-15-7-4-8-19-16(13)15/h1-9,11,20H,(H,21,22)/b12-9-. The van der Waals surface area contributed by atoms with Crippen molar-refractivity contribution in [2.45, 2.75) is 0 Å². The number of aromatic amines is 1. The van der Waals surface area contributed by atoms with Crippen molar-refractivity contribution in [3.05, 3.63) is 66.0 Å². The number of nitriles is 1. The summed E-state index contributed by atoms with van der Waals surface area (Å²) in [5.41, 5.74) is 2.95. The van der Waals surface area contributed by atoms with Crippen LogP contribution in [0.3, 0.4) is 0 Å². The van der Waals surface area contributed by atoms with E-state index < -0.39 is 5.91 Å². The average molecular weight is 288 g/mol. The summed E-state index contributed by atoms with van der Waals surface area (Å²) in [6.45, 7) is 0. The molecular weight excluding hydrogens is 276 g/mol. The molecular formula is C17H12N4O. The molecule has 0 bridgehead atoms. The molecule has 1 amide bonds. The largest absolute Gasteiger partial charge is 0.359 e. The van der Waals surface area contributed by atoms with Gasteiger partial charge in [-0.25, -0.2) is 0 Å². The van der Waals surface area contributed by atoms with Crippen LogP contribution in [0.4, 0.5) is 5.69 Å². The number of aromatic nitrogens is 2. The number of pyridine rings is 1. The molecule has 2 N–H and O–H groups in total. The highest BCUT2D eigenvalue weighted by atomic mass is 16.1. The quantitative estimate of drug-likeness (QED) is 0.574. The zero-order chi connectivity index (χ0) is 15.4.